The molecule has 2 aliphatic rings. The van der Waals surface area contributed by atoms with Crippen molar-refractivity contribution in [1.82, 2.24) is 14.9 Å². The van der Waals surface area contributed by atoms with Crippen molar-refractivity contribution < 1.29 is 18.3 Å². The molecule has 1 N–H and O–H groups in total. The van der Waals surface area contributed by atoms with Crippen molar-refractivity contribution in [2.24, 2.45) is 0 Å². The van der Waals surface area contributed by atoms with Crippen LogP contribution in [0.5, 0.6) is 5.75 Å². The first-order chi connectivity index (χ1) is 17.2. The molecule has 8 nitrogen and oxygen atoms in total. The number of piperazine rings is 1. The van der Waals surface area contributed by atoms with Crippen LogP contribution < -0.4 is 19.9 Å². The van der Waals surface area contributed by atoms with Crippen LogP contribution in [0.3, 0.4) is 0 Å². The minimum atomic E-state index is -2.67. The minimum Gasteiger partial charge on any atom is -0.495 e. The summed E-state index contributed by atoms with van der Waals surface area (Å²) in [6, 6.07) is 8.70. The molecule has 0 atom stereocenters. The zero-order valence-corrected chi connectivity index (χ0v) is 20.9. The SMILES string of the molecule is COc1ccc(NC(=O)N2CCN(c3ncnc4c(C)cc(N5CCC(F)(F)C5)cc34)CC2)cc1Cl. The number of hydrogen-bond acceptors (Lipinski definition) is 6. The van der Waals surface area contributed by atoms with E-state index in [1.54, 1.807) is 28.0 Å². The maximum absolute atomic E-state index is 13.8. The van der Waals surface area contributed by atoms with Crippen molar-refractivity contribution in [2.75, 3.05) is 61.5 Å². The normalized spacial score (nSPS) is 17.5. The molecule has 36 heavy (non-hydrogen) atoms. The number of aromatic nitrogens is 2. The Morgan fingerprint density at radius 3 is 2.53 bits per heavy atom. The highest BCUT2D eigenvalue weighted by molar-refractivity contribution is 6.32. The molecule has 5 rings (SSSR count). The number of nitrogens with zero attached hydrogens (tertiary/aromatic N) is 5. The number of alkyl halides is 2. The first kappa shape index (κ1) is 24.3. The van der Waals surface area contributed by atoms with Gasteiger partial charge in [-0.1, -0.05) is 11.6 Å². The highest BCUT2D eigenvalue weighted by atomic mass is 35.5. The monoisotopic (exact) mass is 516 g/mol. The molecule has 0 bridgehead atoms. The Balaban J connectivity index is 1.30. The predicted octanol–water partition coefficient (Wildman–Crippen LogP) is 4.80. The summed E-state index contributed by atoms with van der Waals surface area (Å²) in [6.07, 6.45) is 1.38. The summed E-state index contributed by atoms with van der Waals surface area (Å²) in [5.74, 6) is -1.39. The summed E-state index contributed by atoms with van der Waals surface area (Å²) in [7, 11) is 1.53. The van der Waals surface area contributed by atoms with Crippen molar-refractivity contribution in [2.45, 2.75) is 19.3 Å². The number of ether oxygens (including phenoxy) is 1. The van der Waals surface area contributed by atoms with Gasteiger partial charge in [-0.15, -0.1) is 0 Å². The van der Waals surface area contributed by atoms with E-state index in [1.807, 2.05) is 19.1 Å². The van der Waals surface area contributed by atoms with Gasteiger partial charge in [-0.05, 0) is 42.8 Å². The third-order valence-electron chi connectivity index (χ3n) is 6.70. The van der Waals surface area contributed by atoms with Gasteiger partial charge in [-0.3, -0.25) is 0 Å². The number of hydrogen-bond donors (Lipinski definition) is 1. The second-order valence-electron chi connectivity index (χ2n) is 9.14. The highest BCUT2D eigenvalue weighted by Gasteiger charge is 2.38. The van der Waals surface area contributed by atoms with Crippen molar-refractivity contribution in [3.05, 3.63) is 47.2 Å². The quantitative estimate of drug-likeness (QED) is 0.537. The lowest BCUT2D eigenvalue weighted by atomic mass is 10.1. The maximum Gasteiger partial charge on any atom is 0.321 e. The predicted molar refractivity (Wildman–Crippen MR) is 137 cm³/mol. The molecule has 0 saturated carbocycles. The first-order valence-corrected chi connectivity index (χ1v) is 12.1. The Labute approximate surface area is 212 Å². The number of halogens is 3. The van der Waals surface area contributed by atoms with Crippen LogP contribution in [-0.4, -0.2) is 73.2 Å². The number of anilines is 3. The van der Waals surface area contributed by atoms with Crippen LogP contribution in [-0.2, 0) is 0 Å². The smallest absolute Gasteiger partial charge is 0.321 e. The lowest BCUT2D eigenvalue weighted by Gasteiger charge is -2.36. The summed E-state index contributed by atoms with van der Waals surface area (Å²) < 4.78 is 32.8. The summed E-state index contributed by atoms with van der Waals surface area (Å²) in [4.78, 5) is 27.4. The average Bonchev–Trinajstić information content (AvgIpc) is 3.23. The number of aryl methyl sites for hydroxylation is 1. The van der Waals surface area contributed by atoms with E-state index >= 15 is 0 Å². The molecule has 0 spiro atoms. The summed E-state index contributed by atoms with van der Waals surface area (Å²) in [5.41, 5.74) is 3.05. The zero-order valence-electron chi connectivity index (χ0n) is 20.1. The van der Waals surface area contributed by atoms with Gasteiger partial charge in [0.25, 0.3) is 5.92 Å². The molecule has 0 aliphatic carbocycles. The maximum atomic E-state index is 13.8. The van der Waals surface area contributed by atoms with Crippen LogP contribution in [0.2, 0.25) is 5.02 Å². The third kappa shape index (κ3) is 4.82. The summed E-state index contributed by atoms with van der Waals surface area (Å²) in [5, 5.41) is 4.12. The highest BCUT2D eigenvalue weighted by Crippen LogP contribution is 2.35. The number of benzene rings is 2. The van der Waals surface area contributed by atoms with Crippen molar-refractivity contribution in [1.29, 1.82) is 0 Å². The lowest BCUT2D eigenvalue weighted by molar-refractivity contribution is 0.0257. The van der Waals surface area contributed by atoms with Gasteiger partial charge in [0.15, 0.2) is 0 Å². The van der Waals surface area contributed by atoms with Crippen LogP contribution in [0.4, 0.5) is 30.8 Å². The molecule has 2 aliphatic heterocycles. The van der Waals surface area contributed by atoms with Crippen molar-refractivity contribution in [3.63, 3.8) is 0 Å². The number of nitrogens with one attached hydrogen (secondary N) is 1. The molecule has 2 aromatic carbocycles. The van der Waals surface area contributed by atoms with Crippen LogP contribution >= 0.6 is 11.6 Å². The Morgan fingerprint density at radius 2 is 1.86 bits per heavy atom. The fraction of sp³-hybridized carbons (Fsp3) is 0.400. The van der Waals surface area contributed by atoms with Crippen LogP contribution in [0, 0.1) is 6.92 Å². The second kappa shape index (κ2) is 9.57. The molecule has 11 heteroatoms. The summed E-state index contributed by atoms with van der Waals surface area (Å²) in [6.45, 7) is 4.12. The Hall–Kier alpha value is -3.40. The van der Waals surface area contributed by atoms with E-state index in [2.05, 4.69) is 20.2 Å². The number of methoxy groups -OCH3 is 1. The molecule has 190 valence electrons. The standard InChI is InChI=1S/C25H27ClF2N6O2/c1-16-11-18(34-6-5-25(27,28)14-34)13-19-22(16)29-15-30-23(19)32-7-9-33(10-8-32)24(35)31-17-3-4-21(36-2)20(26)12-17/h3-4,11-13,15H,5-10,14H2,1-2H3,(H,31,35). The van der Waals surface area contributed by atoms with E-state index in [-0.39, 0.29) is 19.0 Å². The molecule has 0 unspecified atom stereocenters. The number of urea groups is 1. The Bertz CT molecular complexity index is 1300. The number of rotatable bonds is 4. The van der Waals surface area contributed by atoms with Gasteiger partial charge in [-0.25, -0.2) is 23.5 Å². The van der Waals surface area contributed by atoms with Gasteiger partial charge < -0.3 is 24.8 Å². The van der Waals surface area contributed by atoms with Crippen LogP contribution in [0.1, 0.15) is 12.0 Å². The topological polar surface area (TPSA) is 73.8 Å². The van der Waals surface area contributed by atoms with E-state index in [9.17, 15) is 13.6 Å². The van der Waals surface area contributed by atoms with Crippen molar-refractivity contribution >= 4 is 45.7 Å². The zero-order chi connectivity index (χ0) is 25.4. The number of carbonyl (C=O) groups excluding carboxylic acids is 1. The number of fused-ring (bicyclic) bond motifs is 1. The van der Waals surface area contributed by atoms with E-state index in [0.29, 0.717) is 49.2 Å². The van der Waals surface area contributed by atoms with Gasteiger partial charge in [0.2, 0.25) is 0 Å². The molecule has 2 fully saturated rings. The second-order valence-corrected chi connectivity index (χ2v) is 9.54. The third-order valence-corrected chi connectivity index (χ3v) is 6.99. The number of carbonyl (C=O) groups is 1. The Kier molecular flexibility index (Phi) is 6.46. The van der Waals surface area contributed by atoms with E-state index in [0.717, 1.165) is 28.0 Å². The first-order valence-electron chi connectivity index (χ1n) is 11.8. The molecular weight excluding hydrogens is 490 g/mol. The lowest BCUT2D eigenvalue weighted by Crippen LogP contribution is -2.50. The fourth-order valence-corrected chi connectivity index (χ4v) is 5.03. The fourth-order valence-electron chi connectivity index (χ4n) is 4.77. The van der Waals surface area contributed by atoms with Gasteiger partial charge in [0.1, 0.15) is 17.9 Å². The van der Waals surface area contributed by atoms with Gasteiger partial charge in [-0.2, -0.15) is 0 Å². The van der Waals surface area contributed by atoms with Gasteiger partial charge in [0, 0.05) is 55.9 Å². The molecule has 3 heterocycles. The van der Waals surface area contributed by atoms with Crippen LogP contribution in [0.25, 0.3) is 10.9 Å². The number of amides is 2. The average molecular weight is 517 g/mol. The molecule has 2 amide bonds. The van der Waals surface area contributed by atoms with E-state index < -0.39 is 5.92 Å². The van der Waals surface area contributed by atoms with Gasteiger partial charge in [0.05, 0.1) is 24.2 Å². The van der Waals surface area contributed by atoms with E-state index in [1.165, 1.54) is 13.4 Å². The summed E-state index contributed by atoms with van der Waals surface area (Å²) >= 11 is 6.16. The van der Waals surface area contributed by atoms with Crippen molar-refractivity contribution in [3.8, 4) is 5.75 Å². The largest absolute Gasteiger partial charge is 0.495 e. The minimum absolute atomic E-state index is 0.144. The van der Waals surface area contributed by atoms with E-state index in [4.69, 9.17) is 16.3 Å². The Morgan fingerprint density at radius 1 is 1.08 bits per heavy atom. The van der Waals surface area contributed by atoms with Crippen LogP contribution in [0.15, 0.2) is 36.7 Å². The molecule has 2 saturated heterocycles. The molecule has 3 aromatic rings. The molecular formula is C25H27ClF2N6O2. The molecule has 0 radical (unpaired) electrons. The molecule has 1 aromatic heterocycles. The van der Waals surface area contributed by atoms with Gasteiger partial charge >= 0.3 is 6.03 Å².